The summed E-state index contributed by atoms with van der Waals surface area (Å²) < 4.78 is 1.53. The van der Waals surface area contributed by atoms with Gasteiger partial charge in [-0.25, -0.2) is 14.6 Å². The monoisotopic (exact) mass is 332 g/mol. The smallest absolute Gasteiger partial charge is 0.271 e. The lowest BCUT2D eigenvalue weighted by Gasteiger charge is -2.09. The minimum absolute atomic E-state index is 0.283. The number of nitrogens with two attached hydrogens (primary N) is 1. The van der Waals surface area contributed by atoms with E-state index in [0.717, 1.165) is 5.39 Å². The second-order valence-electron chi connectivity index (χ2n) is 5.16. The van der Waals surface area contributed by atoms with Gasteiger partial charge < -0.3 is 5.84 Å². The Morgan fingerprint density at radius 1 is 1.20 bits per heavy atom. The van der Waals surface area contributed by atoms with Gasteiger partial charge in [0.2, 0.25) is 5.82 Å². The average molecular weight is 332 g/mol. The molecule has 9 nitrogen and oxygen atoms in total. The second kappa shape index (κ2) is 5.96. The Morgan fingerprint density at radius 3 is 2.88 bits per heavy atom. The van der Waals surface area contributed by atoms with E-state index < -0.39 is 0 Å². The third-order valence-electron chi connectivity index (χ3n) is 3.66. The SMILES string of the molecule is NN=Nc1nc2ccccc2c2c1ncn2NC(=O)c1cccnc1. The Labute approximate surface area is 141 Å². The number of imidazole rings is 1. The van der Waals surface area contributed by atoms with Crippen LogP contribution in [0.1, 0.15) is 10.4 Å². The van der Waals surface area contributed by atoms with Gasteiger partial charge in [0, 0.05) is 17.8 Å². The maximum absolute atomic E-state index is 12.4. The standard InChI is InChI=1S/C16H12N8O/c17-23-21-15-13-14(11-5-1-2-6-12(11)20-15)24(9-19-13)22-16(25)10-4-3-7-18-8-10/h1-9H,(H,22,25)(H2,17,20,21). The van der Waals surface area contributed by atoms with Crippen LogP contribution in [0.25, 0.3) is 21.9 Å². The van der Waals surface area contributed by atoms with Crippen LogP contribution in [0, 0.1) is 0 Å². The number of carbonyl (C=O) groups excluding carboxylic acids is 1. The molecule has 1 aromatic carbocycles. The summed E-state index contributed by atoms with van der Waals surface area (Å²) in [7, 11) is 0. The number of para-hydroxylation sites is 1. The fourth-order valence-electron chi connectivity index (χ4n) is 2.59. The van der Waals surface area contributed by atoms with Crippen LogP contribution in [0.15, 0.2) is 65.5 Å². The van der Waals surface area contributed by atoms with E-state index in [-0.39, 0.29) is 11.7 Å². The number of nitrogens with zero attached hydrogens (tertiary/aromatic N) is 6. The van der Waals surface area contributed by atoms with Gasteiger partial charge in [0.15, 0.2) is 0 Å². The van der Waals surface area contributed by atoms with E-state index in [0.29, 0.717) is 22.1 Å². The van der Waals surface area contributed by atoms with E-state index in [9.17, 15) is 4.79 Å². The Hall–Kier alpha value is -3.88. The zero-order valence-corrected chi connectivity index (χ0v) is 12.9. The lowest BCUT2D eigenvalue weighted by Crippen LogP contribution is -2.22. The van der Waals surface area contributed by atoms with Crippen molar-refractivity contribution in [3.63, 3.8) is 0 Å². The second-order valence-corrected chi connectivity index (χ2v) is 5.16. The van der Waals surface area contributed by atoms with Crippen molar-refractivity contribution in [2.75, 3.05) is 5.43 Å². The van der Waals surface area contributed by atoms with Gasteiger partial charge in [0.25, 0.3) is 5.91 Å². The molecule has 0 bridgehead atoms. The molecule has 1 amide bonds. The number of nitrogens with one attached hydrogen (secondary N) is 1. The Morgan fingerprint density at radius 2 is 2.08 bits per heavy atom. The zero-order valence-electron chi connectivity index (χ0n) is 12.9. The van der Waals surface area contributed by atoms with E-state index >= 15 is 0 Å². The van der Waals surface area contributed by atoms with Gasteiger partial charge in [0.05, 0.1) is 11.1 Å². The maximum Gasteiger partial charge on any atom is 0.271 e. The van der Waals surface area contributed by atoms with Gasteiger partial charge >= 0.3 is 0 Å². The van der Waals surface area contributed by atoms with Crippen molar-refractivity contribution >= 4 is 33.7 Å². The van der Waals surface area contributed by atoms with Crippen molar-refractivity contribution in [1.29, 1.82) is 0 Å². The molecule has 0 fully saturated rings. The van der Waals surface area contributed by atoms with Crippen LogP contribution in [-0.2, 0) is 0 Å². The largest absolute Gasteiger partial charge is 0.305 e. The molecule has 0 saturated heterocycles. The molecular formula is C16H12N8O. The molecule has 3 aromatic heterocycles. The molecule has 0 aliphatic rings. The van der Waals surface area contributed by atoms with Gasteiger partial charge in [-0.05, 0) is 18.2 Å². The summed E-state index contributed by atoms with van der Waals surface area (Å²) in [5.74, 6) is 5.14. The average Bonchev–Trinajstić information content (AvgIpc) is 3.07. The Bertz CT molecular complexity index is 1100. The normalized spacial score (nSPS) is 11.4. The minimum Gasteiger partial charge on any atom is -0.305 e. The van der Waals surface area contributed by atoms with Crippen LogP contribution in [0.4, 0.5) is 5.82 Å². The summed E-state index contributed by atoms with van der Waals surface area (Å²) in [6, 6.07) is 10.8. The van der Waals surface area contributed by atoms with Crippen molar-refractivity contribution in [2.45, 2.75) is 0 Å². The molecule has 4 rings (SSSR count). The van der Waals surface area contributed by atoms with Crippen LogP contribution in [-0.4, -0.2) is 25.5 Å². The predicted molar refractivity (Wildman–Crippen MR) is 91.7 cm³/mol. The molecule has 3 heterocycles. The summed E-state index contributed by atoms with van der Waals surface area (Å²) >= 11 is 0. The molecule has 3 N–H and O–H groups in total. The number of benzene rings is 1. The molecule has 0 atom stereocenters. The van der Waals surface area contributed by atoms with Crippen molar-refractivity contribution in [3.8, 4) is 0 Å². The number of hydrogen-bond acceptors (Lipinski definition) is 6. The highest BCUT2D eigenvalue weighted by Gasteiger charge is 2.15. The molecule has 4 aromatic rings. The molecule has 0 aliphatic carbocycles. The quantitative estimate of drug-likeness (QED) is 0.338. The topological polar surface area (TPSA) is 123 Å². The van der Waals surface area contributed by atoms with Crippen molar-refractivity contribution in [1.82, 2.24) is 19.6 Å². The molecule has 9 heteroatoms. The zero-order chi connectivity index (χ0) is 17.2. The lowest BCUT2D eigenvalue weighted by atomic mass is 10.2. The van der Waals surface area contributed by atoms with Crippen LogP contribution in [0.2, 0.25) is 0 Å². The van der Waals surface area contributed by atoms with E-state index in [2.05, 4.69) is 30.7 Å². The maximum atomic E-state index is 12.4. The number of amides is 1. The highest BCUT2D eigenvalue weighted by molar-refractivity contribution is 6.08. The third-order valence-corrected chi connectivity index (χ3v) is 3.66. The van der Waals surface area contributed by atoms with Crippen molar-refractivity contribution in [3.05, 3.63) is 60.7 Å². The van der Waals surface area contributed by atoms with Crippen molar-refractivity contribution in [2.24, 2.45) is 16.2 Å². The fourth-order valence-corrected chi connectivity index (χ4v) is 2.59. The van der Waals surface area contributed by atoms with E-state index in [4.69, 9.17) is 5.84 Å². The number of pyridine rings is 2. The number of fused-ring (bicyclic) bond motifs is 3. The molecular weight excluding hydrogens is 320 g/mol. The van der Waals surface area contributed by atoms with Crippen molar-refractivity contribution < 1.29 is 4.79 Å². The number of aromatic nitrogens is 4. The van der Waals surface area contributed by atoms with Crippen LogP contribution < -0.4 is 11.3 Å². The molecule has 0 aliphatic heterocycles. The van der Waals surface area contributed by atoms with E-state index in [1.54, 1.807) is 18.3 Å². The summed E-state index contributed by atoms with van der Waals surface area (Å²) in [5, 5.41) is 7.94. The summed E-state index contributed by atoms with van der Waals surface area (Å²) in [4.78, 5) is 25.1. The molecule has 0 radical (unpaired) electrons. The highest BCUT2D eigenvalue weighted by Crippen LogP contribution is 2.29. The summed E-state index contributed by atoms with van der Waals surface area (Å²) in [6.45, 7) is 0. The summed E-state index contributed by atoms with van der Waals surface area (Å²) in [5.41, 5.74) is 5.05. The fraction of sp³-hybridized carbons (Fsp3) is 0. The first-order chi connectivity index (χ1) is 12.3. The predicted octanol–water partition coefficient (Wildman–Crippen LogP) is 2.32. The van der Waals surface area contributed by atoms with Crippen LogP contribution in [0.3, 0.4) is 0 Å². The molecule has 0 spiro atoms. The van der Waals surface area contributed by atoms with Gasteiger partial charge in [0.1, 0.15) is 17.4 Å². The molecule has 25 heavy (non-hydrogen) atoms. The first-order valence-corrected chi connectivity index (χ1v) is 7.36. The van der Waals surface area contributed by atoms with Gasteiger partial charge in [-0.2, -0.15) is 0 Å². The first kappa shape index (κ1) is 14.7. The van der Waals surface area contributed by atoms with E-state index in [1.807, 2.05) is 24.3 Å². The number of carbonyl (C=O) groups is 1. The molecule has 0 unspecified atom stereocenters. The van der Waals surface area contributed by atoms with Gasteiger partial charge in [-0.3, -0.25) is 15.2 Å². The Balaban J connectivity index is 1.89. The minimum atomic E-state index is -0.310. The lowest BCUT2D eigenvalue weighted by molar-refractivity contribution is 0.101. The summed E-state index contributed by atoms with van der Waals surface area (Å²) in [6.07, 6.45) is 4.58. The van der Waals surface area contributed by atoms with Gasteiger partial charge in [-0.15, -0.1) is 5.11 Å². The third kappa shape index (κ3) is 2.53. The number of rotatable bonds is 3. The van der Waals surface area contributed by atoms with Gasteiger partial charge in [-0.1, -0.05) is 23.4 Å². The van der Waals surface area contributed by atoms with E-state index in [1.165, 1.54) is 17.2 Å². The van der Waals surface area contributed by atoms with Crippen LogP contribution >= 0.6 is 0 Å². The number of hydrogen-bond donors (Lipinski definition) is 2. The Kier molecular flexibility index (Phi) is 3.51. The molecule has 122 valence electrons. The van der Waals surface area contributed by atoms with Crippen LogP contribution in [0.5, 0.6) is 0 Å². The highest BCUT2D eigenvalue weighted by atomic mass is 16.2. The molecule has 0 saturated carbocycles. The first-order valence-electron chi connectivity index (χ1n) is 7.36.